The van der Waals surface area contributed by atoms with E-state index in [2.05, 4.69) is 0 Å². The predicted octanol–water partition coefficient (Wildman–Crippen LogP) is 5.52. The molecule has 1 aliphatic heterocycles. The molecule has 174 valence electrons. The van der Waals surface area contributed by atoms with Crippen LogP contribution < -0.4 is 4.90 Å². The van der Waals surface area contributed by atoms with Crippen molar-refractivity contribution in [3.05, 3.63) is 96.1 Å². The maximum absolute atomic E-state index is 16.3. The van der Waals surface area contributed by atoms with Gasteiger partial charge in [0.2, 0.25) is 14.8 Å². The summed E-state index contributed by atoms with van der Waals surface area (Å²) in [7, 11) is -4.83. The van der Waals surface area contributed by atoms with Gasteiger partial charge in [-0.2, -0.15) is 8.78 Å². The van der Waals surface area contributed by atoms with Crippen LogP contribution in [0.25, 0.3) is 0 Å². The summed E-state index contributed by atoms with van der Waals surface area (Å²) in [5.41, 5.74) is -0.281. The van der Waals surface area contributed by atoms with Crippen LogP contribution in [0.2, 0.25) is 0 Å². The first-order valence-electron chi connectivity index (χ1n) is 10.7. The van der Waals surface area contributed by atoms with Gasteiger partial charge in [-0.1, -0.05) is 60.7 Å². The summed E-state index contributed by atoms with van der Waals surface area (Å²) in [5, 5.41) is 11.5. The fourth-order valence-corrected chi connectivity index (χ4v) is 6.74. The Hall–Kier alpha value is -2.77. The van der Waals surface area contributed by atoms with Gasteiger partial charge in [0.25, 0.3) is 0 Å². The quantitative estimate of drug-likeness (QED) is 0.544. The smallest absolute Gasteiger partial charge is 0.312 e. The van der Waals surface area contributed by atoms with Gasteiger partial charge < -0.3 is 10.0 Å². The average molecular weight is 472 g/mol. The Morgan fingerprint density at radius 2 is 1.48 bits per heavy atom. The highest BCUT2D eigenvalue weighted by atomic mass is 32.2. The van der Waals surface area contributed by atoms with Gasteiger partial charge in [0, 0.05) is 12.1 Å². The molecule has 0 radical (unpaired) electrons. The Morgan fingerprint density at radius 1 is 0.909 bits per heavy atom. The molecule has 1 fully saturated rings. The number of rotatable bonds is 4. The largest absolute Gasteiger partial charge is 0.369 e. The number of nitrogens with zero attached hydrogens (tertiary/aromatic N) is 1. The highest BCUT2D eigenvalue weighted by Crippen LogP contribution is 2.57. The minimum Gasteiger partial charge on any atom is -0.369 e. The Bertz CT molecular complexity index is 1250. The van der Waals surface area contributed by atoms with Crippen LogP contribution in [0.3, 0.4) is 0 Å². The molecule has 0 aliphatic carbocycles. The van der Waals surface area contributed by atoms with E-state index in [-0.39, 0.29) is 4.90 Å². The molecule has 0 aromatic heterocycles. The van der Waals surface area contributed by atoms with Crippen molar-refractivity contribution >= 4 is 15.5 Å². The maximum atomic E-state index is 16.3. The van der Waals surface area contributed by atoms with E-state index < -0.39 is 38.7 Å². The normalized spacial score (nSPS) is 24.4. The minimum absolute atomic E-state index is 0.319. The number of aryl methyl sites for hydroxylation is 1. The standard InChI is InChI=1S/C26H27F2NO3S/c1-19-11-10-16-22(17-19)33(31,32)25(30)18-23(20-12-6-4-7-13-20)29(21-14-8-5-9-15-21)24(2,3)26(25,27)28/h4-17,23,30H,18H2,1-3H3. The van der Waals surface area contributed by atoms with Gasteiger partial charge in [-0.25, -0.2) is 8.42 Å². The molecule has 33 heavy (non-hydrogen) atoms. The predicted molar refractivity (Wildman–Crippen MR) is 125 cm³/mol. The van der Waals surface area contributed by atoms with Crippen LogP contribution in [-0.4, -0.2) is 29.9 Å². The number of alkyl halides is 2. The number of anilines is 1. The number of halogens is 2. The molecule has 0 saturated carbocycles. The van der Waals surface area contributed by atoms with Crippen LogP contribution in [0.4, 0.5) is 14.5 Å². The number of sulfone groups is 1. The number of piperidine rings is 1. The van der Waals surface area contributed by atoms with Crippen molar-refractivity contribution in [3.63, 3.8) is 0 Å². The lowest BCUT2D eigenvalue weighted by atomic mass is 9.77. The Labute approximate surface area is 193 Å². The zero-order chi connectivity index (χ0) is 24.1. The van der Waals surface area contributed by atoms with Gasteiger partial charge in [-0.15, -0.1) is 0 Å². The van der Waals surface area contributed by atoms with Crippen molar-refractivity contribution in [2.45, 2.75) is 54.5 Å². The number of aliphatic hydroxyl groups is 1. The van der Waals surface area contributed by atoms with Gasteiger partial charge in [-0.3, -0.25) is 0 Å². The van der Waals surface area contributed by atoms with E-state index >= 15 is 8.78 Å². The molecule has 3 aromatic carbocycles. The summed E-state index contributed by atoms with van der Waals surface area (Å²) in [6.07, 6.45) is -0.696. The van der Waals surface area contributed by atoms with E-state index in [0.717, 1.165) is 0 Å². The first-order chi connectivity index (χ1) is 15.4. The van der Waals surface area contributed by atoms with Gasteiger partial charge in [0.15, 0.2) is 0 Å². The van der Waals surface area contributed by atoms with Crippen molar-refractivity contribution in [3.8, 4) is 0 Å². The first kappa shape index (κ1) is 23.4. The highest BCUT2D eigenvalue weighted by molar-refractivity contribution is 7.92. The van der Waals surface area contributed by atoms with E-state index in [9.17, 15) is 13.5 Å². The van der Waals surface area contributed by atoms with Crippen LogP contribution in [-0.2, 0) is 9.84 Å². The van der Waals surface area contributed by atoms with E-state index in [0.29, 0.717) is 16.8 Å². The fourth-order valence-electron chi connectivity index (χ4n) is 4.79. The lowest BCUT2D eigenvalue weighted by Gasteiger charge is -2.58. The molecule has 0 bridgehead atoms. The molecule has 4 rings (SSSR count). The summed E-state index contributed by atoms with van der Waals surface area (Å²) in [6, 6.07) is 22.5. The van der Waals surface area contributed by atoms with Crippen LogP contribution in [0.5, 0.6) is 0 Å². The zero-order valence-electron chi connectivity index (χ0n) is 18.7. The minimum atomic E-state index is -4.83. The monoisotopic (exact) mass is 471 g/mol. The second kappa shape index (κ2) is 7.92. The molecule has 0 amide bonds. The van der Waals surface area contributed by atoms with E-state index in [1.807, 2.05) is 0 Å². The van der Waals surface area contributed by atoms with Gasteiger partial charge in [-0.05, 0) is 56.2 Å². The molecule has 1 aliphatic rings. The summed E-state index contributed by atoms with van der Waals surface area (Å²) in [5.74, 6) is -4.01. The number of para-hydroxylation sites is 1. The molecule has 2 unspecified atom stereocenters. The van der Waals surface area contributed by atoms with Crippen LogP contribution in [0, 0.1) is 6.92 Å². The van der Waals surface area contributed by atoms with E-state index in [4.69, 9.17) is 0 Å². The molecule has 3 aromatic rings. The molecular formula is C26H27F2NO3S. The Morgan fingerprint density at radius 3 is 2.06 bits per heavy atom. The molecule has 4 nitrogen and oxygen atoms in total. The average Bonchev–Trinajstić information content (AvgIpc) is 2.78. The summed E-state index contributed by atoms with van der Waals surface area (Å²) < 4.78 is 59.8. The van der Waals surface area contributed by atoms with Crippen molar-refractivity contribution in [1.82, 2.24) is 0 Å². The van der Waals surface area contributed by atoms with Crippen molar-refractivity contribution in [1.29, 1.82) is 0 Å². The topological polar surface area (TPSA) is 57.6 Å². The summed E-state index contributed by atoms with van der Waals surface area (Å²) in [6.45, 7) is 4.24. The van der Waals surface area contributed by atoms with E-state index in [1.165, 1.54) is 36.9 Å². The molecular weight excluding hydrogens is 444 g/mol. The SMILES string of the molecule is Cc1cccc(S(=O)(=O)C2(O)CC(c3ccccc3)N(c3ccccc3)C(C)(C)C2(F)F)c1. The molecule has 0 spiro atoms. The third-order valence-electron chi connectivity index (χ3n) is 6.61. The maximum Gasteiger partial charge on any atom is 0.312 e. The number of benzene rings is 3. The van der Waals surface area contributed by atoms with Gasteiger partial charge in [0.1, 0.15) is 5.54 Å². The molecule has 1 heterocycles. The van der Waals surface area contributed by atoms with Crippen molar-refractivity contribution in [2.24, 2.45) is 0 Å². The zero-order valence-corrected chi connectivity index (χ0v) is 19.6. The van der Waals surface area contributed by atoms with Crippen molar-refractivity contribution < 1.29 is 22.3 Å². The second-order valence-corrected chi connectivity index (χ2v) is 11.2. The first-order valence-corrected chi connectivity index (χ1v) is 12.2. The lowest BCUT2D eigenvalue weighted by molar-refractivity contribution is -0.194. The fraction of sp³-hybridized carbons (Fsp3) is 0.308. The van der Waals surface area contributed by atoms with Crippen molar-refractivity contribution in [2.75, 3.05) is 4.90 Å². The van der Waals surface area contributed by atoms with Gasteiger partial charge in [0.05, 0.1) is 10.9 Å². The molecule has 1 saturated heterocycles. The van der Waals surface area contributed by atoms with E-state index in [1.54, 1.807) is 73.7 Å². The summed E-state index contributed by atoms with van der Waals surface area (Å²) in [4.78, 5) is -2.11. The Balaban J connectivity index is 1.97. The third-order valence-corrected chi connectivity index (χ3v) is 8.79. The molecule has 1 N–H and O–H groups in total. The summed E-state index contributed by atoms with van der Waals surface area (Å²) >= 11 is 0. The number of hydrogen-bond donors (Lipinski definition) is 1. The second-order valence-electron chi connectivity index (χ2n) is 9.07. The lowest BCUT2D eigenvalue weighted by Crippen LogP contribution is -2.74. The Kier molecular flexibility index (Phi) is 5.61. The van der Waals surface area contributed by atoms with Crippen LogP contribution in [0.15, 0.2) is 89.8 Å². The van der Waals surface area contributed by atoms with Crippen LogP contribution in [0.1, 0.15) is 37.4 Å². The third kappa shape index (κ3) is 3.45. The molecule has 2 atom stereocenters. The highest BCUT2D eigenvalue weighted by Gasteiger charge is 2.74. The molecule has 7 heteroatoms. The number of hydrogen-bond acceptors (Lipinski definition) is 4. The van der Waals surface area contributed by atoms with Gasteiger partial charge >= 0.3 is 5.92 Å². The van der Waals surface area contributed by atoms with Crippen LogP contribution >= 0.6 is 0 Å².